The van der Waals surface area contributed by atoms with Crippen molar-refractivity contribution in [1.29, 1.82) is 0 Å². The summed E-state index contributed by atoms with van der Waals surface area (Å²) in [5.74, 6) is -5.02. The van der Waals surface area contributed by atoms with Gasteiger partial charge in [-0.15, -0.1) is 0 Å². The predicted octanol–water partition coefficient (Wildman–Crippen LogP) is 1.22. The van der Waals surface area contributed by atoms with Crippen molar-refractivity contribution in [2.24, 2.45) is 50.2 Å². The highest BCUT2D eigenvalue weighted by Gasteiger charge is 2.71. The summed E-state index contributed by atoms with van der Waals surface area (Å²) in [6.45, 7) is 12.0. The maximum atomic E-state index is 14.9. The number of ether oxygens (including phenoxy) is 4. The third-order valence-electron chi connectivity index (χ3n) is 17.4. The molecule has 2 saturated heterocycles. The Morgan fingerprint density at radius 1 is 0.729 bits per heavy atom. The summed E-state index contributed by atoms with van der Waals surface area (Å²) >= 11 is 0. The van der Waals surface area contributed by atoms with Crippen LogP contribution in [0.15, 0.2) is 11.6 Å². The normalized spacial score (nSPS) is 53.5. The molecule has 20 atom stereocenters. The summed E-state index contributed by atoms with van der Waals surface area (Å²) in [6, 6.07) is 0. The van der Waals surface area contributed by atoms with Crippen molar-refractivity contribution in [3.05, 3.63) is 11.6 Å². The van der Waals surface area contributed by atoms with Crippen molar-refractivity contribution in [3.63, 3.8) is 0 Å². The van der Waals surface area contributed by atoms with Crippen LogP contribution < -0.4 is 0 Å². The molecule has 0 unspecified atom stereocenters. The molecule has 0 radical (unpaired) electrons. The van der Waals surface area contributed by atoms with Gasteiger partial charge in [-0.25, -0.2) is 9.59 Å². The summed E-state index contributed by atoms with van der Waals surface area (Å²) in [7, 11) is 0. The summed E-state index contributed by atoms with van der Waals surface area (Å²) in [6.07, 6.45) is -13.8. The Bertz CT molecular complexity index is 1750. The molecule has 5 aliphatic carbocycles. The summed E-state index contributed by atoms with van der Waals surface area (Å²) < 4.78 is 23.2. The molecule has 0 spiro atoms. The number of carboxylic acid groups (broad SMARTS) is 3. The Morgan fingerprint density at radius 2 is 1.32 bits per heavy atom. The fraction of sp³-hybridized carbons (Fsp3) is 0.857. The molecule has 17 nitrogen and oxygen atoms in total. The number of carbonyl (C=O) groups is 4. The van der Waals surface area contributed by atoms with Gasteiger partial charge in [0, 0.05) is 11.3 Å². The van der Waals surface area contributed by atoms with E-state index in [2.05, 4.69) is 27.7 Å². The van der Waals surface area contributed by atoms with E-state index in [0.717, 1.165) is 24.8 Å². The monoisotopic (exact) mass is 838 g/mol. The second-order valence-electron chi connectivity index (χ2n) is 20.5. The zero-order chi connectivity index (χ0) is 43.6. The number of fused-ring (bicyclic) bond motifs is 7. The molecule has 9 N–H and O–H groups in total. The average Bonchev–Trinajstić information content (AvgIpc) is 3.16. The molecule has 59 heavy (non-hydrogen) atoms. The zero-order valence-electron chi connectivity index (χ0n) is 34.5. The number of hydrogen-bond acceptors (Lipinski definition) is 14. The van der Waals surface area contributed by atoms with Gasteiger partial charge >= 0.3 is 17.9 Å². The van der Waals surface area contributed by atoms with E-state index in [0.29, 0.717) is 32.1 Å². The second kappa shape index (κ2) is 14.8. The van der Waals surface area contributed by atoms with Gasteiger partial charge in [-0.1, -0.05) is 40.2 Å². The number of aliphatic hydroxyl groups excluding tert-OH is 6. The largest absolute Gasteiger partial charge is 0.481 e. The first-order valence-electron chi connectivity index (χ1n) is 20.9. The van der Waals surface area contributed by atoms with Crippen LogP contribution in [0.1, 0.15) is 99.3 Å². The highest BCUT2D eigenvalue weighted by Crippen LogP contribution is 2.75. The van der Waals surface area contributed by atoms with Crippen LogP contribution in [-0.4, -0.2) is 144 Å². The number of carboxylic acids is 3. The minimum absolute atomic E-state index is 0.0119. The Kier molecular flexibility index (Phi) is 11.1. The van der Waals surface area contributed by atoms with Crippen LogP contribution in [-0.2, 0) is 38.1 Å². The topological polar surface area (TPSA) is 287 Å². The van der Waals surface area contributed by atoms with E-state index in [4.69, 9.17) is 18.9 Å². The van der Waals surface area contributed by atoms with Crippen LogP contribution in [0.4, 0.5) is 0 Å². The first-order valence-corrected chi connectivity index (χ1v) is 20.9. The molecule has 2 heterocycles. The van der Waals surface area contributed by atoms with Gasteiger partial charge in [0.05, 0.1) is 18.1 Å². The minimum atomic E-state index is -2.10. The standard InChI is InChI=1S/C42H62O17/c1-37-11-12-38(2,36(54)55)16-19(37)18-15-20(44)31-39(3)9-8-22(40(4,17-43)21(39)7-10-42(31,6)41(18,5)14-13-37)56-35-30(26(48)25(47)29(58-35)33(52)53)59-34-27(49)23(45)24(46)28(57-34)32(50)51/h15,19,21-31,34-35,43,45-49H,7-14,16-17H2,1-6H3,(H,50,51)(H,52,53)(H,54,55)/t19-,21-,22+,23+,24+,25+,26+,27-,28+,29+,30-,31+,34+,35+,37-,38-,39+,40-,41-,42-/m1/s1. The lowest BCUT2D eigenvalue weighted by molar-refractivity contribution is -0.372. The zero-order valence-corrected chi connectivity index (χ0v) is 34.5. The van der Waals surface area contributed by atoms with E-state index in [9.17, 15) is 65.1 Å². The van der Waals surface area contributed by atoms with Crippen LogP contribution in [0.2, 0.25) is 0 Å². The van der Waals surface area contributed by atoms with Gasteiger partial charge in [0.15, 0.2) is 30.6 Å². The average molecular weight is 839 g/mol. The molecule has 0 aromatic carbocycles. The van der Waals surface area contributed by atoms with E-state index < -0.39 is 125 Å². The van der Waals surface area contributed by atoms with Crippen molar-refractivity contribution in [2.45, 2.75) is 167 Å². The van der Waals surface area contributed by atoms with Gasteiger partial charge in [0.2, 0.25) is 0 Å². The second-order valence-corrected chi connectivity index (χ2v) is 20.5. The highest BCUT2D eigenvalue weighted by molar-refractivity contribution is 5.95. The van der Waals surface area contributed by atoms with Crippen molar-refractivity contribution in [2.75, 3.05) is 6.61 Å². The molecule has 7 aliphatic rings. The number of hydrogen-bond donors (Lipinski definition) is 9. The number of allylic oxidation sites excluding steroid dienone is 2. The number of aliphatic carboxylic acids is 3. The number of aliphatic hydroxyl groups is 6. The van der Waals surface area contributed by atoms with Gasteiger partial charge < -0.3 is 64.9 Å². The van der Waals surface area contributed by atoms with Crippen LogP contribution >= 0.6 is 0 Å². The first kappa shape index (κ1) is 44.5. The van der Waals surface area contributed by atoms with Gasteiger partial charge in [0.25, 0.3) is 0 Å². The summed E-state index contributed by atoms with van der Waals surface area (Å²) in [4.78, 5) is 51.4. The van der Waals surface area contributed by atoms with E-state index in [1.54, 1.807) is 0 Å². The molecule has 332 valence electrons. The third-order valence-corrected chi connectivity index (χ3v) is 17.4. The van der Waals surface area contributed by atoms with Crippen molar-refractivity contribution in [1.82, 2.24) is 0 Å². The van der Waals surface area contributed by atoms with Gasteiger partial charge in [-0.2, -0.15) is 0 Å². The fourth-order valence-corrected chi connectivity index (χ4v) is 13.4. The Labute approximate surface area is 342 Å². The molecule has 17 heteroatoms. The molecule has 0 bridgehead atoms. The van der Waals surface area contributed by atoms with Crippen LogP contribution in [0, 0.1) is 50.2 Å². The lowest BCUT2D eigenvalue weighted by atomic mass is 9.33. The smallest absolute Gasteiger partial charge is 0.335 e. The summed E-state index contributed by atoms with van der Waals surface area (Å²) in [5, 5.41) is 94.3. The molecular formula is C42H62O17. The van der Waals surface area contributed by atoms with Crippen LogP contribution in [0.5, 0.6) is 0 Å². The molecular weight excluding hydrogens is 776 g/mol. The Morgan fingerprint density at radius 3 is 1.92 bits per heavy atom. The predicted molar refractivity (Wildman–Crippen MR) is 201 cm³/mol. The summed E-state index contributed by atoms with van der Waals surface area (Å²) in [5.41, 5.74) is -2.63. The van der Waals surface area contributed by atoms with Gasteiger partial charge in [0.1, 0.15) is 36.6 Å². The molecule has 6 fully saturated rings. The van der Waals surface area contributed by atoms with Crippen LogP contribution in [0.3, 0.4) is 0 Å². The minimum Gasteiger partial charge on any atom is -0.481 e. The van der Waals surface area contributed by atoms with E-state index in [1.165, 1.54) is 0 Å². The van der Waals surface area contributed by atoms with Gasteiger partial charge in [-0.3, -0.25) is 9.59 Å². The van der Waals surface area contributed by atoms with Crippen molar-refractivity contribution in [3.8, 4) is 0 Å². The van der Waals surface area contributed by atoms with E-state index >= 15 is 0 Å². The van der Waals surface area contributed by atoms with E-state index in [-0.39, 0.29) is 29.5 Å². The van der Waals surface area contributed by atoms with Crippen LogP contribution in [0.25, 0.3) is 0 Å². The Hall–Kier alpha value is -2.58. The number of rotatable bonds is 8. The van der Waals surface area contributed by atoms with Crippen molar-refractivity contribution < 1.29 is 84.1 Å². The molecule has 0 aromatic heterocycles. The SMILES string of the molecule is C[C@@]1(C(=O)O)CC[C@]2(C)CC[C@]3(C)C(=CC(=O)[C@H]4[C@@]5(C)CC[C@H](O[C@H]6O[C@H](C(=O)O)[C@@H](O)[C@H](O)[C@H]6O[C@@H]6O[C@H](C(=O)O)[C@@H](O)[C@H](O)[C@H]6O)[C@](C)(CO)[C@@H]5CC[C@]43C)[C@H]2C1. The highest BCUT2D eigenvalue weighted by atomic mass is 16.8. The third kappa shape index (κ3) is 6.46. The quantitative estimate of drug-likeness (QED) is 0.155. The maximum Gasteiger partial charge on any atom is 0.335 e. The van der Waals surface area contributed by atoms with Gasteiger partial charge in [-0.05, 0) is 104 Å². The Balaban J connectivity index is 1.19. The first-order chi connectivity index (χ1) is 27.3. The maximum absolute atomic E-state index is 14.9. The number of carbonyl (C=O) groups excluding carboxylic acids is 1. The van der Waals surface area contributed by atoms with Crippen molar-refractivity contribution >= 4 is 23.7 Å². The molecule has 0 amide bonds. The molecule has 0 aromatic rings. The lowest BCUT2D eigenvalue weighted by Crippen LogP contribution is -2.69. The molecule has 7 rings (SSSR count). The lowest BCUT2D eigenvalue weighted by Gasteiger charge is -2.70. The fourth-order valence-electron chi connectivity index (χ4n) is 13.4. The molecule has 4 saturated carbocycles. The van der Waals surface area contributed by atoms with E-state index in [1.807, 2.05) is 19.9 Å². The molecule has 2 aliphatic heterocycles. The number of ketones is 1.